The molecule has 2 aromatic carbocycles. The molecule has 0 aliphatic carbocycles. The summed E-state index contributed by atoms with van der Waals surface area (Å²) in [6, 6.07) is 13.0. The van der Waals surface area contributed by atoms with Crippen molar-refractivity contribution in [1.82, 2.24) is 10.3 Å². The summed E-state index contributed by atoms with van der Waals surface area (Å²) < 4.78 is 63.7. The highest BCUT2D eigenvalue weighted by atomic mass is 32.2. The number of benzene rings is 2. The van der Waals surface area contributed by atoms with Gasteiger partial charge < -0.3 is 15.2 Å². The number of nitrogens with one attached hydrogen (secondary N) is 2. The molecule has 0 saturated heterocycles. The zero-order valence-electron chi connectivity index (χ0n) is 19.9. The number of H-pyrrole nitrogens is 1. The van der Waals surface area contributed by atoms with Gasteiger partial charge in [0.15, 0.2) is 9.84 Å². The number of anilines is 1. The molecule has 12 heteroatoms. The second-order valence-electron chi connectivity index (χ2n) is 8.28. The Morgan fingerprint density at radius 3 is 2.41 bits per heavy atom. The Balaban J connectivity index is 2.08. The number of carbonyl (C=O) groups is 1. The van der Waals surface area contributed by atoms with E-state index in [-0.39, 0.29) is 35.8 Å². The third-order valence-electron chi connectivity index (χ3n) is 5.52. The van der Waals surface area contributed by atoms with Gasteiger partial charge >= 0.3 is 6.18 Å². The van der Waals surface area contributed by atoms with Crippen LogP contribution in [0.1, 0.15) is 32.7 Å². The number of aromatic amines is 1. The molecule has 37 heavy (non-hydrogen) atoms. The molecule has 0 aliphatic rings. The summed E-state index contributed by atoms with van der Waals surface area (Å²) in [6.07, 6.45) is -3.63. The Hall–Kier alpha value is -3.95. The molecule has 0 bridgehead atoms. The number of aryl methyl sites for hydroxylation is 1. The molecular formula is C25H23F3N4O4S. The maximum absolute atomic E-state index is 13.6. The zero-order valence-corrected chi connectivity index (χ0v) is 20.7. The number of rotatable bonds is 8. The Labute approximate surface area is 211 Å². The van der Waals surface area contributed by atoms with Gasteiger partial charge in [-0.05, 0) is 54.4 Å². The van der Waals surface area contributed by atoms with E-state index in [4.69, 9.17) is 5.26 Å². The summed E-state index contributed by atoms with van der Waals surface area (Å²) in [7, 11) is -3.48. The molecule has 8 nitrogen and oxygen atoms in total. The number of nitrogens with zero attached hydrogens (tertiary/aromatic N) is 2. The minimum absolute atomic E-state index is 0.0294. The van der Waals surface area contributed by atoms with E-state index in [2.05, 4.69) is 10.3 Å². The van der Waals surface area contributed by atoms with Gasteiger partial charge in [-0.25, -0.2) is 8.42 Å². The first-order valence-electron chi connectivity index (χ1n) is 10.9. The van der Waals surface area contributed by atoms with Crippen molar-refractivity contribution in [2.24, 2.45) is 0 Å². The largest absolute Gasteiger partial charge is 0.416 e. The van der Waals surface area contributed by atoms with E-state index in [0.717, 1.165) is 29.4 Å². The summed E-state index contributed by atoms with van der Waals surface area (Å²) in [5.74, 6) is -0.853. The fourth-order valence-corrected chi connectivity index (χ4v) is 4.19. The molecule has 0 aliphatic heterocycles. The SMILES string of the molecule is Cc1[nH]c(=O)c(C(=O)N(Cc2ccc(S(C)(=O)=O)cc2)c2cccc(C(F)(F)F)c2)cc1CNCC#N. The maximum atomic E-state index is 13.6. The summed E-state index contributed by atoms with van der Waals surface area (Å²) in [5, 5.41) is 11.6. The number of alkyl halides is 3. The number of hydrogen-bond acceptors (Lipinski definition) is 6. The maximum Gasteiger partial charge on any atom is 0.416 e. The number of hydrogen-bond donors (Lipinski definition) is 2. The highest BCUT2D eigenvalue weighted by molar-refractivity contribution is 7.90. The highest BCUT2D eigenvalue weighted by Crippen LogP contribution is 2.32. The van der Waals surface area contributed by atoms with Crippen molar-refractivity contribution < 1.29 is 26.4 Å². The van der Waals surface area contributed by atoms with Gasteiger partial charge in [0.25, 0.3) is 11.5 Å². The van der Waals surface area contributed by atoms with Crippen LogP contribution < -0.4 is 15.8 Å². The summed E-state index contributed by atoms with van der Waals surface area (Å²) in [6.45, 7) is 1.58. The standard InChI is InChI=1S/C25H23F3N4O4S/c1-16-18(14-30-11-10-29)12-22(23(33)31-16)24(34)32(20-5-3-4-19(13-20)25(26,27)28)15-17-6-8-21(9-7-17)37(2,35)36/h3-9,12-13,30H,11,14-15H2,1-2H3,(H,31,33). The molecule has 0 unspecified atom stereocenters. The van der Waals surface area contributed by atoms with Gasteiger partial charge in [0.05, 0.1) is 29.6 Å². The van der Waals surface area contributed by atoms with Crippen LogP contribution in [-0.2, 0) is 29.1 Å². The summed E-state index contributed by atoms with van der Waals surface area (Å²) in [4.78, 5) is 30.0. The first-order valence-corrected chi connectivity index (χ1v) is 12.8. The van der Waals surface area contributed by atoms with Crippen molar-refractivity contribution in [2.75, 3.05) is 17.7 Å². The van der Waals surface area contributed by atoms with E-state index in [9.17, 15) is 31.2 Å². The fourth-order valence-electron chi connectivity index (χ4n) is 3.56. The summed E-state index contributed by atoms with van der Waals surface area (Å²) in [5.41, 5.74) is -0.683. The van der Waals surface area contributed by atoms with Crippen LogP contribution in [0.15, 0.2) is 64.3 Å². The molecule has 0 saturated carbocycles. The van der Waals surface area contributed by atoms with Crippen molar-refractivity contribution in [3.63, 3.8) is 0 Å². The highest BCUT2D eigenvalue weighted by Gasteiger charge is 2.32. The summed E-state index contributed by atoms with van der Waals surface area (Å²) >= 11 is 0. The number of pyridine rings is 1. The van der Waals surface area contributed by atoms with Crippen LogP contribution >= 0.6 is 0 Å². The molecule has 0 fully saturated rings. The van der Waals surface area contributed by atoms with Gasteiger partial charge in [-0.2, -0.15) is 18.4 Å². The van der Waals surface area contributed by atoms with Crippen LogP contribution in [0.25, 0.3) is 0 Å². The Morgan fingerprint density at radius 2 is 1.81 bits per heavy atom. The van der Waals surface area contributed by atoms with Crippen molar-refractivity contribution >= 4 is 21.4 Å². The van der Waals surface area contributed by atoms with E-state index < -0.39 is 33.0 Å². The van der Waals surface area contributed by atoms with Gasteiger partial charge in [0, 0.05) is 24.2 Å². The average molecular weight is 533 g/mol. The van der Waals surface area contributed by atoms with Gasteiger partial charge in [-0.3, -0.25) is 9.59 Å². The smallest absolute Gasteiger partial charge is 0.325 e. The minimum atomic E-state index is -4.66. The third-order valence-corrected chi connectivity index (χ3v) is 6.65. The van der Waals surface area contributed by atoms with E-state index in [1.165, 1.54) is 36.4 Å². The van der Waals surface area contributed by atoms with Gasteiger partial charge in [-0.1, -0.05) is 18.2 Å². The van der Waals surface area contributed by atoms with E-state index in [1.54, 1.807) is 6.92 Å². The van der Waals surface area contributed by atoms with Crippen molar-refractivity contribution in [1.29, 1.82) is 5.26 Å². The number of halogens is 3. The van der Waals surface area contributed by atoms with Crippen LogP contribution in [0.2, 0.25) is 0 Å². The first-order chi connectivity index (χ1) is 17.3. The van der Waals surface area contributed by atoms with E-state index in [1.807, 2.05) is 6.07 Å². The lowest BCUT2D eigenvalue weighted by atomic mass is 10.1. The number of aromatic nitrogens is 1. The predicted octanol–water partition coefficient (Wildman–Crippen LogP) is 3.57. The molecule has 3 rings (SSSR count). The molecule has 194 valence electrons. The van der Waals surface area contributed by atoms with Crippen LogP contribution in [-0.4, -0.2) is 32.1 Å². The molecule has 3 aromatic rings. The topological polar surface area (TPSA) is 123 Å². The van der Waals surface area contributed by atoms with E-state index >= 15 is 0 Å². The normalized spacial score (nSPS) is 11.7. The number of amides is 1. The van der Waals surface area contributed by atoms with Crippen LogP contribution in [0.5, 0.6) is 0 Å². The molecule has 1 amide bonds. The van der Waals surface area contributed by atoms with Gasteiger partial charge in [0.1, 0.15) is 5.56 Å². The second-order valence-corrected chi connectivity index (χ2v) is 10.3. The number of sulfone groups is 1. The molecule has 0 spiro atoms. The minimum Gasteiger partial charge on any atom is -0.325 e. The quantitative estimate of drug-likeness (QED) is 0.338. The van der Waals surface area contributed by atoms with Crippen molar-refractivity contribution in [3.05, 3.63) is 92.9 Å². The Kier molecular flexibility index (Phi) is 8.20. The average Bonchev–Trinajstić information content (AvgIpc) is 2.83. The lowest BCUT2D eigenvalue weighted by Gasteiger charge is -2.24. The van der Waals surface area contributed by atoms with Crippen LogP contribution in [0, 0.1) is 18.3 Å². The van der Waals surface area contributed by atoms with Crippen molar-refractivity contribution in [2.45, 2.75) is 31.1 Å². The molecular weight excluding hydrogens is 509 g/mol. The monoisotopic (exact) mass is 532 g/mol. The molecule has 1 aromatic heterocycles. The van der Waals surface area contributed by atoms with Crippen LogP contribution in [0.4, 0.5) is 18.9 Å². The Morgan fingerprint density at radius 1 is 1.14 bits per heavy atom. The predicted molar refractivity (Wildman–Crippen MR) is 131 cm³/mol. The molecule has 2 N–H and O–H groups in total. The zero-order chi connectivity index (χ0) is 27.4. The third kappa shape index (κ3) is 6.84. The second kappa shape index (κ2) is 11.0. The lowest BCUT2D eigenvalue weighted by molar-refractivity contribution is -0.137. The van der Waals surface area contributed by atoms with Gasteiger partial charge in [0.2, 0.25) is 0 Å². The van der Waals surface area contributed by atoms with E-state index in [0.29, 0.717) is 16.8 Å². The van der Waals surface area contributed by atoms with Crippen LogP contribution in [0.3, 0.4) is 0 Å². The number of nitriles is 1. The number of carbonyl (C=O) groups excluding carboxylic acids is 1. The molecule has 0 atom stereocenters. The first kappa shape index (κ1) is 27.6. The Bertz CT molecular complexity index is 1510. The van der Waals surface area contributed by atoms with Crippen molar-refractivity contribution in [3.8, 4) is 6.07 Å². The fraction of sp³-hybridized carbons (Fsp3) is 0.240. The molecule has 0 radical (unpaired) electrons. The lowest BCUT2D eigenvalue weighted by Crippen LogP contribution is -2.35. The van der Waals surface area contributed by atoms with Gasteiger partial charge in [-0.15, -0.1) is 0 Å². The molecule has 1 heterocycles.